The van der Waals surface area contributed by atoms with E-state index in [2.05, 4.69) is 29.4 Å². The Balaban J connectivity index is 1.48. The van der Waals surface area contributed by atoms with Crippen molar-refractivity contribution in [2.24, 2.45) is 0 Å². The van der Waals surface area contributed by atoms with Gasteiger partial charge in [0.2, 0.25) is 5.82 Å². The van der Waals surface area contributed by atoms with Crippen molar-refractivity contribution in [1.82, 2.24) is 25.2 Å². The van der Waals surface area contributed by atoms with Gasteiger partial charge < -0.3 is 14.6 Å². The third-order valence-corrected chi connectivity index (χ3v) is 5.89. The van der Waals surface area contributed by atoms with E-state index in [0.29, 0.717) is 18.3 Å². The maximum atomic E-state index is 12.8. The van der Waals surface area contributed by atoms with Crippen LogP contribution in [0.2, 0.25) is 0 Å². The topological polar surface area (TPSA) is 95.1 Å². The van der Waals surface area contributed by atoms with Crippen molar-refractivity contribution in [3.63, 3.8) is 0 Å². The molecular weight excluding hydrogens is 430 g/mol. The third-order valence-electron chi connectivity index (χ3n) is 5.89. The minimum atomic E-state index is -0.552. The number of esters is 1. The van der Waals surface area contributed by atoms with Crippen molar-refractivity contribution in [2.75, 3.05) is 6.54 Å². The molecule has 2 aromatic carbocycles. The van der Waals surface area contributed by atoms with Crippen molar-refractivity contribution in [2.45, 2.75) is 58.7 Å². The number of nitrogens with zero attached hydrogens (tertiary/aromatic N) is 4. The molecule has 1 unspecified atom stereocenters. The van der Waals surface area contributed by atoms with Gasteiger partial charge in [0.05, 0.1) is 11.7 Å². The standard InChI is InChI=1S/C26H29N5O3/c1-15(2)31-21-10-9-16(13-17(21)14-28-31)24-29-23(30-34-24)20-8-6-7-19-18(20)11-12-27-22(19)25(32)33-26(3,4)5/h6-10,13-15,22,27H,11-12H2,1-5H3. The van der Waals surface area contributed by atoms with E-state index in [4.69, 9.17) is 14.2 Å². The van der Waals surface area contributed by atoms with Crippen molar-refractivity contribution < 1.29 is 14.1 Å². The number of hydrogen-bond donors (Lipinski definition) is 1. The molecule has 0 fully saturated rings. The van der Waals surface area contributed by atoms with Crippen molar-refractivity contribution in [1.29, 1.82) is 0 Å². The maximum Gasteiger partial charge on any atom is 0.328 e. The van der Waals surface area contributed by atoms with Gasteiger partial charge in [-0.25, -0.2) is 4.79 Å². The summed E-state index contributed by atoms with van der Waals surface area (Å²) in [4.78, 5) is 17.5. The number of hydrogen-bond acceptors (Lipinski definition) is 7. The predicted molar refractivity (Wildman–Crippen MR) is 129 cm³/mol. The van der Waals surface area contributed by atoms with E-state index >= 15 is 0 Å². The second-order valence-corrected chi connectivity index (χ2v) is 9.92. The van der Waals surface area contributed by atoms with Gasteiger partial charge in [-0.2, -0.15) is 10.1 Å². The Morgan fingerprint density at radius 3 is 2.82 bits per heavy atom. The van der Waals surface area contributed by atoms with E-state index in [1.165, 1.54) is 0 Å². The zero-order chi connectivity index (χ0) is 24.0. The van der Waals surface area contributed by atoms with Gasteiger partial charge in [-0.1, -0.05) is 23.4 Å². The molecule has 8 heteroatoms. The van der Waals surface area contributed by atoms with Gasteiger partial charge in [-0.05, 0) is 70.4 Å². The fourth-order valence-corrected chi connectivity index (χ4v) is 4.43. The molecule has 0 bridgehead atoms. The lowest BCUT2D eigenvalue weighted by Crippen LogP contribution is -2.39. The van der Waals surface area contributed by atoms with E-state index < -0.39 is 11.6 Å². The van der Waals surface area contributed by atoms with Crippen LogP contribution < -0.4 is 5.32 Å². The third kappa shape index (κ3) is 4.09. The molecule has 0 amide bonds. The number of carbonyl (C=O) groups is 1. The van der Waals surface area contributed by atoms with Crippen LogP contribution in [0.5, 0.6) is 0 Å². The molecule has 3 heterocycles. The zero-order valence-corrected chi connectivity index (χ0v) is 20.1. The van der Waals surface area contributed by atoms with Crippen LogP contribution in [-0.2, 0) is 16.0 Å². The molecule has 4 aromatic rings. The highest BCUT2D eigenvalue weighted by molar-refractivity contribution is 5.84. The quantitative estimate of drug-likeness (QED) is 0.435. The number of aromatic nitrogens is 4. The van der Waals surface area contributed by atoms with Gasteiger partial charge in [0.15, 0.2) is 0 Å². The van der Waals surface area contributed by atoms with E-state index in [-0.39, 0.29) is 12.0 Å². The van der Waals surface area contributed by atoms with Crippen LogP contribution in [0, 0.1) is 0 Å². The number of carbonyl (C=O) groups excluding carboxylic acids is 1. The lowest BCUT2D eigenvalue weighted by Gasteiger charge is -2.29. The van der Waals surface area contributed by atoms with Gasteiger partial charge in [0.25, 0.3) is 5.89 Å². The smallest absolute Gasteiger partial charge is 0.328 e. The lowest BCUT2D eigenvalue weighted by atomic mass is 9.90. The summed E-state index contributed by atoms with van der Waals surface area (Å²) in [6, 6.07) is 11.6. The SMILES string of the molecule is CC(C)n1ncc2cc(-c3nc(-c4cccc5c4CCNC5C(=O)OC(C)(C)C)no3)ccc21. The molecule has 34 heavy (non-hydrogen) atoms. The highest BCUT2D eigenvalue weighted by atomic mass is 16.6. The molecule has 176 valence electrons. The molecule has 1 atom stereocenters. The number of benzene rings is 2. The van der Waals surface area contributed by atoms with Crippen LogP contribution >= 0.6 is 0 Å². The van der Waals surface area contributed by atoms with E-state index in [9.17, 15) is 4.79 Å². The fraction of sp³-hybridized carbons (Fsp3) is 0.385. The molecular formula is C26H29N5O3. The summed E-state index contributed by atoms with van der Waals surface area (Å²) in [5, 5.41) is 13.1. The summed E-state index contributed by atoms with van der Waals surface area (Å²) in [6.45, 7) is 10.5. The molecule has 8 nitrogen and oxygen atoms in total. The second kappa shape index (κ2) is 8.36. The van der Waals surface area contributed by atoms with Crippen LogP contribution in [0.1, 0.15) is 57.8 Å². The van der Waals surface area contributed by atoms with Crippen LogP contribution in [0.15, 0.2) is 47.1 Å². The number of ether oxygens (including phenoxy) is 1. The number of nitrogens with one attached hydrogen (secondary N) is 1. The average molecular weight is 460 g/mol. The predicted octanol–water partition coefficient (Wildman–Crippen LogP) is 4.86. The Bertz CT molecular complexity index is 1360. The monoisotopic (exact) mass is 459 g/mol. The minimum absolute atomic E-state index is 0.279. The molecule has 2 aromatic heterocycles. The Hall–Kier alpha value is -3.52. The normalized spacial score (nSPS) is 16.1. The molecule has 1 aliphatic rings. The van der Waals surface area contributed by atoms with Crippen molar-refractivity contribution >= 4 is 16.9 Å². The van der Waals surface area contributed by atoms with Gasteiger partial charge in [-0.3, -0.25) is 4.68 Å². The Kier molecular flexibility index (Phi) is 5.48. The first-order valence-electron chi connectivity index (χ1n) is 11.6. The fourth-order valence-electron chi connectivity index (χ4n) is 4.43. The highest BCUT2D eigenvalue weighted by Gasteiger charge is 2.32. The van der Waals surface area contributed by atoms with Gasteiger partial charge in [0, 0.05) is 29.1 Å². The Labute approximate surface area is 198 Å². The van der Waals surface area contributed by atoms with Gasteiger partial charge in [0.1, 0.15) is 11.6 Å². The van der Waals surface area contributed by atoms with Crippen LogP contribution in [0.3, 0.4) is 0 Å². The Morgan fingerprint density at radius 1 is 1.24 bits per heavy atom. The minimum Gasteiger partial charge on any atom is -0.459 e. The summed E-state index contributed by atoms with van der Waals surface area (Å²) in [7, 11) is 0. The van der Waals surface area contributed by atoms with Crippen molar-refractivity contribution in [3.05, 3.63) is 53.7 Å². The Morgan fingerprint density at radius 2 is 2.06 bits per heavy atom. The molecule has 0 saturated heterocycles. The first-order chi connectivity index (χ1) is 16.2. The van der Waals surface area contributed by atoms with Crippen LogP contribution in [-0.4, -0.2) is 38.0 Å². The summed E-state index contributed by atoms with van der Waals surface area (Å²) < 4.78 is 13.3. The first kappa shape index (κ1) is 22.3. The van der Waals surface area contributed by atoms with Crippen LogP contribution in [0.4, 0.5) is 0 Å². The summed E-state index contributed by atoms with van der Waals surface area (Å²) in [5.41, 5.74) is 4.16. The molecule has 0 saturated carbocycles. The summed E-state index contributed by atoms with van der Waals surface area (Å²) >= 11 is 0. The van der Waals surface area contributed by atoms with Crippen LogP contribution in [0.25, 0.3) is 33.7 Å². The molecule has 0 aliphatic carbocycles. The van der Waals surface area contributed by atoms with Crippen molar-refractivity contribution in [3.8, 4) is 22.8 Å². The largest absolute Gasteiger partial charge is 0.459 e. The van der Waals surface area contributed by atoms with E-state index in [0.717, 1.165) is 39.6 Å². The molecule has 1 N–H and O–H groups in total. The second-order valence-electron chi connectivity index (χ2n) is 9.92. The number of rotatable bonds is 4. The molecule has 1 aliphatic heterocycles. The molecule has 5 rings (SSSR count). The molecule has 0 spiro atoms. The first-order valence-corrected chi connectivity index (χ1v) is 11.6. The van der Waals surface area contributed by atoms with E-state index in [1.54, 1.807) is 0 Å². The summed E-state index contributed by atoms with van der Waals surface area (Å²) in [5.74, 6) is 0.675. The zero-order valence-electron chi connectivity index (χ0n) is 20.1. The highest BCUT2D eigenvalue weighted by Crippen LogP contribution is 2.33. The number of fused-ring (bicyclic) bond motifs is 2. The molecule has 0 radical (unpaired) electrons. The maximum absolute atomic E-state index is 12.8. The lowest BCUT2D eigenvalue weighted by molar-refractivity contribution is -0.157. The van der Waals surface area contributed by atoms with E-state index in [1.807, 2.05) is 68.0 Å². The average Bonchev–Trinajstić information content (AvgIpc) is 3.44. The van der Waals surface area contributed by atoms with Gasteiger partial charge in [-0.15, -0.1) is 0 Å². The van der Waals surface area contributed by atoms with Gasteiger partial charge >= 0.3 is 5.97 Å². The summed E-state index contributed by atoms with van der Waals surface area (Å²) in [6.07, 6.45) is 2.61.